The Labute approximate surface area is 118 Å². The Balaban J connectivity index is 2.49. The van der Waals surface area contributed by atoms with Gasteiger partial charge in [0.2, 0.25) is 0 Å². The molecule has 1 aliphatic rings. The van der Waals surface area contributed by atoms with Crippen LogP contribution in [-0.2, 0) is 14.4 Å². The van der Waals surface area contributed by atoms with Gasteiger partial charge in [-0.25, -0.2) is 4.90 Å². The van der Waals surface area contributed by atoms with Crippen LogP contribution in [0.1, 0.15) is 6.92 Å². The van der Waals surface area contributed by atoms with Crippen LogP contribution < -0.4 is 4.90 Å². The number of rotatable bonds is 2. The van der Waals surface area contributed by atoms with E-state index in [1.807, 2.05) is 0 Å². The van der Waals surface area contributed by atoms with Crippen molar-refractivity contribution in [3.05, 3.63) is 39.6 Å². The standard InChI is InChI=1S/C12H7Cl2NO4/c1-5(16)9-10(17)12(19)15(11(9)18)6-2-3-7(13)8(14)4-6/h2-4,17H,1H3. The summed E-state index contributed by atoms with van der Waals surface area (Å²) >= 11 is 11.5. The number of nitrogens with zero attached hydrogens (tertiary/aromatic N) is 1. The molecule has 0 spiro atoms. The molecule has 19 heavy (non-hydrogen) atoms. The van der Waals surface area contributed by atoms with E-state index >= 15 is 0 Å². The minimum Gasteiger partial charge on any atom is -0.502 e. The fraction of sp³-hybridized carbons (Fsp3) is 0.0833. The van der Waals surface area contributed by atoms with E-state index in [1.165, 1.54) is 18.2 Å². The third-order valence-electron chi connectivity index (χ3n) is 2.57. The highest BCUT2D eigenvalue weighted by Gasteiger charge is 2.41. The molecule has 0 unspecified atom stereocenters. The number of carbonyl (C=O) groups excluding carboxylic acids is 3. The van der Waals surface area contributed by atoms with E-state index < -0.39 is 28.9 Å². The van der Waals surface area contributed by atoms with Crippen LogP contribution in [0.25, 0.3) is 0 Å². The van der Waals surface area contributed by atoms with Gasteiger partial charge >= 0.3 is 5.91 Å². The fourth-order valence-corrected chi connectivity index (χ4v) is 1.99. The first-order chi connectivity index (χ1) is 8.84. The SMILES string of the molecule is CC(=O)C1=C(O)C(=O)N(c2ccc(Cl)c(Cl)c2)C1=O. The normalized spacial score (nSPS) is 15.4. The summed E-state index contributed by atoms with van der Waals surface area (Å²) in [6.07, 6.45) is 0. The number of amides is 2. The Morgan fingerprint density at radius 1 is 1.16 bits per heavy atom. The summed E-state index contributed by atoms with van der Waals surface area (Å²) in [7, 11) is 0. The molecule has 0 saturated heterocycles. The van der Waals surface area contributed by atoms with E-state index in [-0.39, 0.29) is 15.7 Å². The van der Waals surface area contributed by atoms with Crippen LogP contribution in [-0.4, -0.2) is 22.7 Å². The number of imide groups is 1. The molecule has 5 nitrogen and oxygen atoms in total. The number of carbonyl (C=O) groups is 3. The molecule has 1 N–H and O–H groups in total. The first-order valence-corrected chi connectivity index (χ1v) is 5.88. The van der Waals surface area contributed by atoms with Gasteiger partial charge in [-0.1, -0.05) is 23.2 Å². The van der Waals surface area contributed by atoms with Crippen LogP contribution in [0.5, 0.6) is 0 Å². The van der Waals surface area contributed by atoms with Crippen molar-refractivity contribution in [2.24, 2.45) is 0 Å². The number of hydrogen-bond acceptors (Lipinski definition) is 4. The first kappa shape index (κ1) is 13.6. The summed E-state index contributed by atoms with van der Waals surface area (Å²) in [6.45, 7) is 1.09. The second kappa shape index (κ2) is 4.68. The van der Waals surface area contributed by atoms with E-state index in [2.05, 4.69) is 0 Å². The first-order valence-electron chi connectivity index (χ1n) is 5.12. The number of halogens is 2. The van der Waals surface area contributed by atoms with Gasteiger partial charge in [0.15, 0.2) is 11.5 Å². The lowest BCUT2D eigenvalue weighted by molar-refractivity contribution is -0.122. The van der Waals surface area contributed by atoms with Crippen LogP contribution in [0.3, 0.4) is 0 Å². The zero-order valence-corrected chi connectivity index (χ0v) is 11.1. The van der Waals surface area contributed by atoms with E-state index in [4.69, 9.17) is 23.2 Å². The number of anilines is 1. The summed E-state index contributed by atoms with van der Waals surface area (Å²) in [4.78, 5) is 35.7. The average Bonchev–Trinajstić information content (AvgIpc) is 2.54. The third-order valence-corrected chi connectivity index (χ3v) is 3.31. The lowest BCUT2D eigenvalue weighted by Gasteiger charge is -2.14. The van der Waals surface area contributed by atoms with Crippen LogP contribution in [0.2, 0.25) is 10.0 Å². The van der Waals surface area contributed by atoms with E-state index in [0.717, 1.165) is 6.92 Å². The Hall–Kier alpha value is -1.85. The minimum atomic E-state index is -0.964. The molecule has 98 valence electrons. The van der Waals surface area contributed by atoms with Crippen LogP contribution >= 0.6 is 23.2 Å². The molecule has 7 heteroatoms. The predicted molar refractivity (Wildman–Crippen MR) is 69.3 cm³/mol. The number of aliphatic hydroxyl groups is 1. The molecule has 0 saturated carbocycles. The van der Waals surface area contributed by atoms with Gasteiger partial charge in [0.05, 0.1) is 15.7 Å². The highest BCUT2D eigenvalue weighted by Crippen LogP contribution is 2.31. The molecule has 1 heterocycles. The van der Waals surface area contributed by atoms with Crippen molar-refractivity contribution in [2.75, 3.05) is 4.90 Å². The van der Waals surface area contributed by atoms with E-state index in [9.17, 15) is 19.5 Å². The van der Waals surface area contributed by atoms with Gasteiger partial charge in [0.25, 0.3) is 5.91 Å². The van der Waals surface area contributed by atoms with Crippen molar-refractivity contribution in [3.8, 4) is 0 Å². The zero-order valence-electron chi connectivity index (χ0n) is 9.61. The molecule has 0 radical (unpaired) electrons. The molecule has 0 aromatic heterocycles. The van der Waals surface area contributed by atoms with Crippen molar-refractivity contribution in [1.82, 2.24) is 0 Å². The second-order valence-electron chi connectivity index (χ2n) is 3.82. The molecule has 1 aromatic carbocycles. The summed E-state index contributed by atoms with van der Waals surface area (Å²) in [5, 5.41) is 9.95. The highest BCUT2D eigenvalue weighted by molar-refractivity contribution is 6.43. The zero-order chi connectivity index (χ0) is 14.3. The van der Waals surface area contributed by atoms with Gasteiger partial charge in [-0.15, -0.1) is 0 Å². The maximum absolute atomic E-state index is 12.0. The van der Waals surface area contributed by atoms with Gasteiger partial charge in [-0.2, -0.15) is 0 Å². The van der Waals surface area contributed by atoms with Gasteiger partial charge < -0.3 is 5.11 Å². The van der Waals surface area contributed by atoms with E-state index in [1.54, 1.807) is 0 Å². The Morgan fingerprint density at radius 3 is 2.26 bits per heavy atom. The Kier molecular flexibility index (Phi) is 3.34. The molecule has 1 aliphatic heterocycles. The van der Waals surface area contributed by atoms with Gasteiger partial charge in [0, 0.05) is 0 Å². The predicted octanol–water partition coefficient (Wildman–Crippen LogP) is 2.27. The minimum absolute atomic E-state index is 0.132. The van der Waals surface area contributed by atoms with Gasteiger partial charge in [-0.05, 0) is 25.1 Å². The Morgan fingerprint density at radius 2 is 1.79 bits per heavy atom. The molecular formula is C12H7Cl2NO4. The molecule has 2 rings (SSSR count). The lowest BCUT2D eigenvalue weighted by atomic mass is 10.2. The van der Waals surface area contributed by atoms with Crippen molar-refractivity contribution in [3.63, 3.8) is 0 Å². The van der Waals surface area contributed by atoms with Crippen molar-refractivity contribution in [1.29, 1.82) is 0 Å². The van der Waals surface area contributed by atoms with E-state index in [0.29, 0.717) is 4.90 Å². The molecular weight excluding hydrogens is 293 g/mol. The summed E-state index contributed by atoms with van der Waals surface area (Å²) in [5.41, 5.74) is -0.400. The maximum Gasteiger partial charge on any atom is 0.301 e. The number of Topliss-reactive ketones (excluding diaryl/α,β-unsaturated/α-hetero) is 1. The van der Waals surface area contributed by atoms with Crippen molar-refractivity contribution in [2.45, 2.75) is 6.92 Å². The second-order valence-corrected chi connectivity index (χ2v) is 4.64. The largest absolute Gasteiger partial charge is 0.502 e. The molecule has 0 fully saturated rings. The Bertz CT molecular complexity index is 651. The summed E-state index contributed by atoms with van der Waals surface area (Å²) in [5.74, 6) is -3.39. The molecule has 2 amide bonds. The van der Waals surface area contributed by atoms with Gasteiger partial charge in [-0.3, -0.25) is 14.4 Å². The van der Waals surface area contributed by atoms with Crippen LogP contribution in [0, 0.1) is 0 Å². The van der Waals surface area contributed by atoms with Gasteiger partial charge in [0.1, 0.15) is 5.57 Å². The monoisotopic (exact) mass is 299 g/mol. The molecule has 0 aliphatic carbocycles. The number of ketones is 1. The number of hydrogen-bond donors (Lipinski definition) is 1. The van der Waals surface area contributed by atoms with Crippen molar-refractivity contribution >= 4 is 46.5 Å². The lowest BCUT2D eigenvalue weighted by Crippen LogP contribution is -2.32. The smallest absolute Gasteiger partial charge is 0.301 e. The topological polar surface area (TPSA) is 74.7 Å². The van der Waals surface area contributed by atoms with Crippen molar-refractivity contribution < 1.29 is 19.5 Å². The maximum atomic E-state index is 12.0. The molecule has 0 atom stereocenters. The summed E-state index contributed by atoms with van der Waals surface area (Å²) < 4.78 is 0. The average molecular weight is 300 g/mol. The third kappa shape index (κ3) is 2.11. The summed E-state index contributed by atoms with van der Waals surface area (Å²) in [6, 6.07) is 4.10. The van der Waals surface area contributed by atoms with Crippen LogP contribution in [0.15, 0.2) is 29.5 Å². The quantitative estimate of drug-likeness (QED) is 0.671. The number of aliphatic hydroxyl groups excluding tert-OH is 1. The fourth-order valence-electron chi connectivity index (χ4n) is 1.69. The van der Waals surface area contributed by atoms with Crippen LogP contribution in [0.4, 0.5) is 5.69 Å². The molecule has 0 bridgehead atoms. The number of benzene rings is 1. The molecule has 1 aromatic rings. The highest BCUT2D eigenvalue weighted by atomic mass is 35.5.